The van der Waals surface area contributed by atoms with Gasteiger partial charge in [-0.1, -0.05) is 0 Å². The molecule has 2 amide bonds. The van der Waals surface area contributed by atoms with Gasteiger partial charge in [0.05, 0.1) is 33.3 Å². The van der Waals surface area contributed by atoms with Gasteiger partial charge in [0.1, 0.15) is 17.2 Å². The minimum Gasteiger partial charge on any atom is -0.497 e. The van der Waals surface area contributed by atoms with E-state index < -0.39 is 11.8 Å². The van der Waals surface area contributed by atoms with Gasteiger partial charge in [0.25, 0.3) is 11.8 Å². The summed E-state index contributed by atoms with van der Waals surface area (Å²) < 4.78 is 20.8. The second-order valence-electron chi connectivity index (χ2n) is 6.36. The summed E-state index contributed by atoms with van der Waals surface area (Å²) in [7, 11) is 4.48. The minimum absolute atomic E-state index is 0.0320. The van der Waals surface area contributed by atoms with Crippen LogP contribution in [0.15, 0.2) is 59.2 Å². The Kier molecular flexibility index (Phi) is 7.29. The van der Waals surface area contributed by atoms with E-state index in [0.717, 1.165) is 0 Å². The molecule has 3 rings (SSSR count). The number of rotatable bonds is 7. The molecule has 0 saturated carbocycles. The highest BCUT2D eigenvalue weighted by Crippen LogP contribution is 2.28. The lowest BCUT2D eigenvalue weighted by atomic mass is 10.2. The number of thiocarbonyl (C=S) groups is 1. The first-order valence-electron chi connectivity index (χ1n) is 9.31. The normalized spacial score (nSPS) is 10.1. The lowest BCUT2D eigenvalue weighted by molar-refractivity contribution is 0.0974. The monoisotopic (exact) mass is 455 g/mol. The van der Waals surface area contributed by atoms with Crippen molar-refractivity contribution in [3.8, 4) is 17.2 Å². The zero-order chi connectivity index (χ0) is 23.1. The molecule has 1 heterocycles. The van der Waals surface area contributed by atoms with Crippen molar-refractivity contribution in [1.82, 2.24) is 5.32 Å². The zero-order valence-electron chi connectivity index (χ0n) is 17.6. The molecule has 0 radical (unpaired) electrons. The third-order valence-electron chi connectivity index (χ3n) is 4.29. The van der Waals surface area contributed by atoms with Crippen LogP contribution in [0.4, 0.5) is 11.4 Å². The average Bonchev–Trinajstić information content (AvgIpc) is 3.34. The molecule has 0 aliphatic carbocycles. The second-order valence-corrected chi connectivity index (χ2v) is 6.76. The molecular weight excluding hydrogens is 434 g/mol. The molecule has 0 aliphatic heterocycles. The van der Waals surface area contributed by atoms with Gasteiger partial charge in [-0.25, -0.2) is 0 Å². The number of carbonyl (C=O) groups excluding carboxylic acids is 2. The van der Waals surface area contributed by atoms with E-state index in [2.05, 4.69) is 16.0 Å². The fraction of sp³-hybridized carbons (Fsp3) is 0.136. The average molecular weight is 455 g/mol. The van der Waals surface area contributed by atoms with Gasteiger partial charge in [0.15, 0.2) is 10.9 Å². The molecule has 166 valence electrons. The van der Waals surface area contributed by atoms with Gasteiger partial charge >= 0.3 is 0 Å². The van der Waals surface area contributed by atoms with E-state index in [1.165, 1.54) is 27.6 Å². The number of benzene rings is 2. The lowest BCUT2D eigenvalue weighted by Gasteiger charge is -2.15. The van der Waals surface area contributed by atoms with Crippen LogP contribution in [-0.4, -0.2) is 38.3 Å². The Balaban J connectivity index is 1.72. The first-order chi connectivity index (χ1) is 15.4. The molecule has 0 fully saturated rings. The SMILES string of the molecule is COc1cc(OC)cc(C(=O)NC(=S)Nc2cc(NC(=O)c3ccco3)ccc2OC)c1. The molecule has 10 heteroatoms. The van der Waals surface area contributed by atoms with E-state index >= 15 is 0 Å². The third-order valence-corrected chi connectivity index (χ3v) is 4.50. The van der Waals surface area contributed by atoms with Crippen molar-refractivity contribution in [1.29, 1.82) is 0 Å². The highest BCUT2D eigenvalue weighted by molar-refractivity contribution is 7.80. The van der Waals surface area contributed by atoms with E-state index in [9.17, 15) is 9.59 Å². The highest BCUT2D eigenvalue weighted by Gasteiger charge is 2.14. The molecule has 3 N–H and O–H groups in total. The van der Waals surface area contributed by atoms with Crippen LogP contribution >= 0.6 is 12.2 Å². The Morgan fingerprint density at radius 2 is 1.59 bits per heavy atom. The van der Waals surface area contributed by atoms with Crippen molar-refractivity contribution in [3.63, 3.8) is 0 Å². The molecule has 2 aromatic carbocycles. The number of amides is 2. The number of furan rings is 1. The Bertz CT molecular complexity index is 1110. The standard InChI is InChI=1S/C22H21N3O6S/c1-28-15-9-13(10-16(12-15)29-2)20(26)25-22(32)24-17-11-14(6-7-18(17)30-3)23-21(27)19-5-4-8-31-19/h4-12H,1-3H3,(H,23,27)(H2,24,25,26,32). The van der Waals surface area contributed by atoms with Crippen LogP contribution in [0.3, 0.4) is 0 Å². The molecule has 3 aromatic rings. The van der Waals surface area contributed by atoms with Gasteiger partial charge in [-0.05, 0) is 54.7 Å². The summed E-state index contributed by atoms with van der Waals surface area (Å²) in [5, 5.41) is 8.25. The molecule has 0 atom stereocenters. The molecule has 0 unspecified atom stereocenters. The molecule has 0 aliphatic rings. The first-order valence-corrected chi connectivity index (χ1v) is 9.72. The third kappa shape index (κ3) is 5.55. The molecule has 32 heavy (non-hydrogen) atoms. The predicted octanol–water partition coefficient (Wildman–Crippen LogP) is 3.68. The summed E-state index contributed by atoms with van der Waals surface area (Å²) in [6.45, 7) is 0. The van der Waals surface area contributed by atoms with Gasteiger partial charge in [-0.2, -0.15) is 0 Å². The fourth-order valence-electron chi connectivity index (χ4n) is 2.75. The van der Waals surface area contributed by atoms with Gasteiger partial charge < -0.3 is 29.3 Å². The van der Waals surface area contributed by atoms with Crippen LogP contribution in [0.5, 0.6) is 17.2 Å². The molecule has 0 bridgehead atoms. The van der Waals surface area contributed by atoms with Crippen LogP contribution in [-0.2, 0) is 0 Å². The van der Waals surface area contributed by atoms with Crippen molar-refractivity contribution in [3.05, 3.63) is 66.1 Å². The largest absolute Gasteiger partial charge is 0.497 e. The highest BCUT2D eigenvalue weighted by atomic mass is 32.1. The summed E-state index contributed by atoms with van der Waals surface area (Å²) >= 11 is 5.27. The van der Waals surface area contributed by atoms with Gasteiger partial charge in [-0.15, -0.1) is 0 Å². The first kappa shape index (κ1) is 22.6. The van der Waals surface area contributed by atoms with E-state index in [1.54, 1.807) is 48.5 Å². The van der Waals surface area contributed by atoms with Gasteiger partial charge in [0, 0.05) is 17.3 Å². The number of anilines is 2. The topological polar surface area (TPSA) is 111 Å². The van der Waals surface area contributed by atoms with Crippen LogP contribution in [0.1, 0.15) is 20.9 Å². The lowest BCUT2D eigenvalue weighted by Crippen LogP contribution is -2.34. The Morgan fingerprint density at radius 1 is 0.875 bits per heavy atom. The minimum atomic E-state index is -0.457. The van der Waals surface area contributed by atoms with E-state index in [-0.39, 0.29) is 10.9 Å². The molecule has 9 nitrogen and oxygen atoms in total. The maximum Gasteiger partial charge on any atom is 0.291 e. The maximum atomic E-state index is 12.6. The van der Waals surface area contributed by atoms with Gasteiger partial charge in [-0.3, -0.25) is 14.9 Å². The Morgan fingerprint density at radius 3 is 2.19 bits per heavy atom. The second kappa shape index (κ2) is 10.3. The van der Waals surface area contributed by atoms with Crippen molar-refractivity contribution >= 4 is 40.5 Å². The van der Waals surface area contributed by atoms with Gasteiger partial charge in [0.2, 0.25) is 0 Å². The summed E-state index contributed by atoms with van der Waals surface area (Å²) in [6, 6.07) is 12.9. The number of carbonyl (C=O) groups is 2. The quantitative estimate of drug-likeness (QED) is 0.463. The van der Waals surface area contributed by atoms with Crippen molar-refractivity contribution < 1.29 is 28.2 Å². The summed E-state index contributed by atoms with van der Waals surface area (Å²) in [5.74, 6) is 0.701. The summed E-state index contributed by atoms with van der Waals surface area (Å²) in [5.41, 5.74) is 1.22. The number of hydrogen-bond acceptors (Lipinski definition) is 7. The van der Waals surface area contributed by atoms with Crippen LogP contribution in [0.2, 0.25) is 0 Å². The molecule has 0 spiro atoms. The van der Waals surface area contributed by atoms with Crippen molar-refractivity contribution in [2.75, 3.05) is 32.0 Å². The van der Waals surface area contributed by atoms with Crippen molar-refractivity contribution in [2.24, 2.45) is 0 Å². The summed E-state index contributed by atoms with van der Waals surface area (Å²) in [4.78, 5) is 24.8. The van der Waals surface area contributed by atoms with Crippen LogP contribution < -0.4 is 30.2 Å². The molecular formula is C22H21N3O6S. The number of hydrogen-bond donors (Lipinski definition) is 3. The zero-order valence-corrected chi connectivity index (χ0v) is 18.4. The maximum absolute atomic E-state index is 12.6. The van der Waals surface area contributed by atoms with Crippen molar-refractivity contribution in [2.45, 2.75) is 0 Å². The summed E-state index contributed by atoms with van der Waals surface area (Å²) in [6.07, 6.45) is 1.41. The van der Waals surface area contributed by atoms with Crippen LogP contribution in [0, 0.1) is 0 Å². The molecule has 0 saturated heterocycles. The van der Waals surface area contributed by atoms with Crippen LogP contribution in [0.25, 0.3) is 0 Å². The van der Waals surface area contributed by atoms with E-state index in [0.29, 0.717) is 34.2 Å². The number of nitrogens with one attached hydrogen (secondary N) is 3. The smallest absolute Gasteiger partial charge is 0.291 e. The Hall–Kier alpha value is -4.05. The number of methoxy groups -OCH3 is 3. The molecule has 1 aromatic heterocycles. The number of ether oxygens (including phenoxy) is 3. The fourth-order valence-corrected chi connectivity index (χ4v) is 2.95. The van der Waals surface area contributed by atoms with E-state index in [4.69, 9.17) is 30.8 Å². The Labute approximate surface area is 189 Å². The van der Waals surface area contributed by atoms with E-state index in [1.807, 2.05) is 0 Å². The predicted molar refractivity (Wildman–Crippen MR) is 123 cm³/mol.